The van der Waals surface area contributed by atoms with Gasteiger partial charge in [-0.05, 0) is 12.0 Å². The molecule has 3 aromatic carbocycles. The van der Waals surface area contributed by atoms with Crippen LogP contribution in [-0.4, -0.2) is 9.32 Å². The number of hydrogen-bond acceptors (Lipinski definition) is 3. The molecule has 1 fully saturated rings. The second-order valence-corrected chi connectivity index (χ2v) is 10.0. The van der Waals surface area contributed by atoms with Gasteiger partial charge >= 0.3 is 0 Å². The first-order valence-corrected chi connectivity index (χ1v) is 11.5. The van der Waals surface area contributed by atoms with Crippen LogP contribution in [0.1, 0.15) is 17.2 Å². The van der Waals surface area contributed by atoms with Crippen LogP contribution >= 0.6 is 35.0 Å². The summed E-state index contributed by atoms with van der Waals surface area (Å²) in [7, 11) is 0. The van der Waals surface area contributed by atoms with Gasteiger partial charge in [0.25, 0.3) is 5.22 Å². The summed E-state index contributed by atoms with van der Waals surface area (Å²) in [5, 5.41) is 0.699. The van der Waals surface area contributed by atoms with E-state index in [9.17, 15) is 0 Å². The topological polar surface area (TPSA) is 26.0 Å². The van der Waals surface area contributed by atoms with Gasteiger partial charge in [0.05, 0.1) is 0 Å². The molecule has 1 aromatic heterocycles. The summed E-state index contributed by atoms with van der Waals surface area (Å²) in [5.74, 6) is 0.926. The summed E-state index contributed by atoms with van der Waals surface area (Å²) >= 11 is 14.5. The molecule has 1 aliphatic rings. The third kappa shape index (κ3) is 4.02. The Bertz CT molecular complexity index is 1070. The molecule has 0 aliphatic heterocycles. The minimum Gasteiger partial charge on any atom is -0.431 e. The summed E-state index contributed by atoms with van der Waals surface area (Å²) in [4.78, 5) is 4.89. The summed E-state index contributed by atoms with van der Waals surface area (Å²) in [6, 6.07) is 30.5. The van der Waals surface area contributed by atoms with E-state index >= 15 is 0 Å². The number of alkyl halides is 2. The highest BCUT2D eigenvalue weighted by Crippen LogP contribution is 2.63. The van der Waals surface area contributed by atoms with Gasteiger partial charge in [-0.2, -0.15) is 0 Å². The molecule has 2 atom stereocenters. The summed E-state index contributed by atoms with van der Waals surface area (Å²) in [5.41, 5.74) is 4.05. The summed E-state index contributed by atoms with van der Waals surface area (Å²) in [6.07, 6.45) is 0.764. The first-order valence-electron chi connectivity index (χ1n) is 9.83. The number of rotatable bonds is 6. The van der Waals surface area contributed by atoms with Crippen LogP contribution in [0.25, 0.3) is 22.6 Å². The molecule has 150 valence electrons. The maximum Gasteiger partial charge on any atom is 0.257 e. The average Bonchev–Trinajstić information content (AvgIpc) is 3.22. The highest BCUT2D eigenvalue weighted by atomic mass is 35.5. The lowest BCUT2D eigenvalue weighted by atomic mass is 10.1. The van der Waals surface area contributed by atoms with Crippen molar-refractivity contribution in [3.8, 4) is 22.6 Å². The molecule has 5 rings (SSSR count). The molecule has 4 aromatic rings. The first-order chi connectivity index (χ1) is 14.6. The van der Waals surface area contributed by atoms with Gasteiger partial charge < -0.3 is 4.42 Å². The lowest BCUT2D eigenvalue weighted by Gasteiger charge is -2.15. The van der Waals surface area contributed by atoms with Crippen molar-refractivity contribution < 1.29 is 4.42 Å². The Morgan fingerprint density at radius 1 is 0.833 bits per heavy atom. The SMILES string of the molecule is ClC1(Cl)CC1C(Sc1nc(-c2ccccc2)c(-c2ccccc2)o1)c1ccccc1. The zero-order chi connectivity index (χ0) is 20.6. The molecule has 1 aliphatic carbocycles. The molecule has 0 spiro atoms. The van der Waals surface area contributed by atoms with Crippen molar-refractivity contribution in [3.05, 3.63) is 96.6 Å². The lowest BCUT2D eigenvalue weighted by Crippen LogP contribution is -2.02. The number of hydrogen-bond donors (Lipinski definition) is 0. The predicted octanol–water partition coefficient (Wildman–Crippen LogP) is 8.04. The predicted molar refractivity (Wildman–Crippen MR) is 125 cm³/mol. The molecule has 5 heteroatoms. The molecule has 1 heterocycles. The fourth-order valence-electron chi connectivity index (χ4n) is 3.62. The molecule has 0 radical (unpaired) electrons. The van der Waals surface area contributed by atoms with Crippen LogP contribution in [0.15, 0.2) is 101 Å². The number of oxazole rings is 1. The molecule has 30 heavy (non-hydrogen) atoms. The van der Waals surface area contributed by atoms with E-state index in [4.69, 9.17) is 32.6 Å². The molecule has 0 bridgehead atoms. The third-order valence-electron chi connectivity index (χ3n) is 5.29. The number of benzene rings is 3. The van der Waals surface area contributed by atoms with E-state index in [0.29, 0.717) is 5.22 Å². The van der Waals surface area contributed by atoms with Crippen LogP contribution in [0.2, 0.25) is 0 Å². The standard InChI is InChI=1S/C25H19Cl2NOS/c26-25(27)16-20(25)23(19-14-8-3-9-15-19)30-24-28-21(17-10-4-1-5-11-17)22(29-24)18-12-6-2-7-13-18/h1-15,20,23H,16H2. The molecule has 2 unspecified atom stereocenters. The summed E-state index contributed by atoms with van der Waals surface area (Å²) in [6.45, 7) is 0. The Morgan fingerprint density at radius 2 is 1.37 bits per heavy atom. The lowest BCUT2D eigenvalue weighted by molar-refractivity contribution is 0.464. The van der Waals surface area contributed by atoms with Crippen LogP contribution in [0.4, 0.5) is 0 Å². The van der Waals surface area contributed by atoms with Gasteiger partial charge in [-0.25, -0.2) is 4.98 Å². The van der Waals surface area contributed by atoms with E-state index in [-0.39, 0.29) is 11.2 Å². The van der Waals surface area contributed by atoms with E-state index in [1.807, 2.05) is 66.7 Å². The smallest absolute Gasteiger partial charge is 0.257 e. The molecular formula is C25H19Cl2NOS. The quantitative estimate of drug-likeness (QED) is 0.219. The Labute approximate surface area is 190 Å². The normalized spacial score (nSPS) is 18.1. The van der Waals surface area contributed by atoms with Gasteiger partial charge in [-0.15, -0.1) is 23.2 Å². The van der Waals surface area contributed by atoms with Crippen LogP contribution < -0.4 is 0 Å². The van der Waals surface area contributed by atoms with Gasteiger partial charge in [0.15, 0.2) is 5.76 Å². The van der Waals surface area contributed by atoms with Crippen LogP contribution in [0, 0.1) is 5.92 Å². The second-order valence-electron chi connectivity index (χ2n) is 7.41. The summed E-state index contributed by atoms with van der Waals surface area (Å²) < 4.78 is 5.63. The van der Waals surface area contributed by atoms with Crippen molar-refractivity contribution in [3.63, 3.8) is 0 Å². The third-order valence-corrected chi connectivity index (χ3v) is 7.39. The van der Waals surface area contributed by atoms with Crippen molar-refractivity contribution in [1.82, 2.24) is 4.98 Å². The largest absolute Gasteiger partial charge is 0.431 e. The Kier molecular flexibility index (Phi) is 5.36. The molecule has 1 saturated carbocycles. The van der Waals surface area contributed by atoms with E-state index in [0.717, 1.165) is 29.0 Å². The van der Waals surface area contributed by atoms with Crippen LogP contribution in [-0.2, 0) is 0 Å². The van der Waals surface area contributed by atoms with Gasteiger partial charge in [0, 0.05) is 22.3 Å². The Morgan fingerprint density at radius 3 is 1.93 bits per heavy atom. The minimum absolute atomic E-state index is 0.0760. The fraction of sp³-hybridized carbons (Fsp3) is 0.160. The van der Waals surface area contributed by atoms with Crippen LogP contribution in [0.3, 0.4) is 0 Å². The van der Waals surface area contributed by atoms with E-state index in [1.165, 1.54) is 5.56 Å². The fourth-order valence-corrected chi connectivity index (χ4v) is 5.64. The maximum atomic E-state index is 6.45. The van der Waals surface area contributed by atoms with Gasteiger partial charge in [-0.3, -0.25) is 0 Å². The zero-order valence-corrected chi connectivity index (χ0v) is 18.4. The molecule has 2 nitrogen and oxygen atoms in total. The zero-order valence-electron chi connectivity index (χ0n) is 16.0. The van der Waals surface area contributed by atoms with Gasteiger partial charge in [-0.1, -0.05) is 103 Å². The number of thioether (sulfide) groups is 1. The van der Waals surface area contributed by atoms with Crippen molar-refractivity contribution >= 4 is 35.0 Å². The number of aromatic nitrogens is 1. The second kappa shape index (κ2) is 8.14. The molecular weight excluding hydrogens is 433 g/mol. The van der Waals surface area contributed by atoms with E-state index in [1.54, 1.807) is 11.8 Å². The average molecular weight is 452 g/mol. The maximum absolute atomic E-state index is 6.45. The molecule has 0 saturated heterocycles. The Hall–Kier alpha value is -2.20. The number of halogens is 2. The Balaban J connectivity index is 1.55. The van der Waals surface area contributed by atoms with E-state index in [2.05, 4.69) is 24.3 Å². The van der Waals surface area contributed by atoms with Crippen molar-refractivity contribution in [2.45, 2.75) is 21.2 Å². The van der Waals surface area contributed by atoms with E-state index < -0.39 is 4.33 Å². The molecule has 0 N–H and O–H groups in total. The molecule has 0 amide bonds. The van der Waals surface area contributed by atoms with Crippen molar-refractivity contribution in [2.24, 2.45) is 5.92 Å². The highest BCUT2D eigenvalue weighted by Gasteiger charge is 2.56. The minimum atomic E-state index is -0.690. The highest BCUT2D eigenvalue weighted by molar-refractivity contribution is 7.99. The van der Waals surface area contributed by atoms with Gasteiger partial charge in [0.2, 0.25) is 0 Å². The van der Waals surface area contributed by atoms with Gasteiger partial charge in [0.1, 0.15) is 10.0 Å². The van der Waals surface area contributed by atoms with Crippen molar-refractivity contribution in [1.29, 1.82) is 0 Å². The number of nitrogens with zero attached hydrogens (tertiary/aromatic N) is 1. The van der Waals surface area contributed by atoms with Crippen LogP contribution in [0.5, 0.6) is 0 Å². The first kappa shape index (κ1) is 19.7. The monoisotopic (exact) mass is 451 g/mol. The van der Waals surface area contributed by atoms with Crippen molar-refractivity contribution in [2.75, 3.05) is 0 Å².